The molecule has 1 aromatic carbocycles. The first-order valence-corrected chi connectivity index (χ1v) is 8.29. The summed E-state index contributed by atoms with van der Waals surface area (Å²) in [5, 5.41) is 3.68. The molecule has 0 aromatic heterocycles. The number of rotatable bonds is 6. The van der Waals surface area contributed by atoms with E-state index in [1.165, 1.54) is 50.6 Å². The molecule has 1 saturated carbocycles. The van der Waals surface area contributed by atoms with Crippen molar-refractivity contribution < 1.29 is 0 Å². The third-order valence-corrected chi connectivity index (χ3v) is 4.96. The van der Waals surface area contributed by atoms with Gasteiger partial charge in [0.25, 0.3) is 0 Å². The Morgan fingerprint density at radius 1 is 1.20 bits per heavy atom. The second kappa shape index (κ2) is 6.28. The number of nitrogens with zero attached hydrogens (tertiary/aromatic N) is 1. The highest BCUT2D eigenvalue weighted by atomic mass is 15.2. The largest absolute Gasteiger partial charge is 0.309 e. The van der Waals surface area contributed by atoms with E-state index in [1.54, 1.807) is 11.1 Å². The van der Waals surface area contributed by atoms with Crippen molar-refractivity contribution in [1.29, 1.82) is 0 Å². The van der Waals surface area contributed by atoms with Gasteiger partial charge in [0.2, 0.25) is 0 Å². The summed E-state index contributed by atoms with van der Waals surface area (Å²) >= 11 is 0. The van der Waals surface area contributed by atoms with Crippen molar-refractivity contribution in [2.75, 3.05) is 20.1 Å². The Balaban J connectivity index is 1.52. The Morgan fingerprint density at radius 2 is 1.95 bits per heavy atom. The number of fused-ring (bicyclic) bond motifs is 1. The lowest BCUT2D eigenvalue weighted by atomic mass is 9.89. The quantitative estimate of drug-likeness (QED) is 0.854. The summed E-state index contributed by atoms with van der Waals surface area (Å²) in [6.07, 6.45) is 8.09. The minimum absolute atomic E-state index is 0.467. The van der Waals surface area contributed by atoms with Gasteiger partial charge < -0.3 is 10.2 Å². The lowest BCUT2D eigenvalue weighted by Gasteiger charge is -2.21. The molecule has 0 saturated heterocycles. The van der Waals surface area contributed by atoms with Gasteiger partial charge in [-0.3, -0.25) is 0 Å². The fraction of sp³-hybridized carbons (Fsp3) is 0.667. The van der Waals surface area contributed by atoms with Crippen molar-refractivity contribution in [3.8, 4) is 0 Å². The molecule has 0 radical (unpaired) electrons. The molecule has 0 aliphatic heterocycles. The molecule has 2 heteroatoms. The fourth-order valence-corrected chi connectivity index (χ4v) is 3.30. The van der Waals surface area contributed by atoms with Gasteiger partial charge in [-0.2, -0.15) is 0 Å². The number of benzene rings is 1. The van der Waals surface area contributed by atoms with Crippen LogP contribution < -0.4 is 5.32 Å². The van der Waals surface area contributed by atoms with Crippen LogP contribution in [0.5, 0.6) is 0 Å². The Bertz CT molecular complexity index is 451. The molecule has 1 unspecified atom stereocenters. The van der Waals surface area contributed by atoms with Crippen molar-refractivity contribution in [2.45, 2.75) is 57.5 Å². The first-order valence-electron chi connectivity index (χ1n) is 8.29. The molecular formula is C18H28N2. The number of nitrogens with one attached hydrogen (secondary N) is 1. The zero-order valence-corrected chi connectivity index (χ0v) is 13.0. The third kappa shape index (κ3) is 3.42. The predicted molar refractivity (Wildman–Crippen MR) is 85.2 cm³/mol. The topological polar surface area (TPSA) is 15.3 Å². The standard InChI is InChI=1S/C18H28N2/c1-14(19-11-12-20(2)18-9-10-18)16-8-7-15-5-3-4-6-17(15)13-16/h7-8,13-14,18-19H,3-6,9-12H2,1-2H3. The van der Waals surface area contributed by atoms with E-state index in [1.807, 2.05) is 0 Å². The lowest BCUT2D eigenvalue weighted by Crippen LogP contribution is -2.32. The van der Waals surface area contributed by atoms with Crippen molar-refractivity contribution in [2.24, 2.45) is 0 Å². The molecule has 2 nitrogen and oxygen atoms in total. The molecular weight excluding hydrogens is 244 g/mol. The van der Waals surface area contributed by atoms with Crippen LogP contribution in [0.15, 0.2) is 18.2 Å². The minimum atomic E-state index is 0.467. The van der Waals surface area contributed by atoms with Gasteiger partial charge in [-0.1, -0.05) is 18.2 Å². The summed E-state index contributed by atoms with van der Waals surface area (Å²) in [5.41, 5.74) is 4.64. The van der Waals surface area contributed by atoms with Crippen LogP contribution >= 0.6 is 0 Å². The van der Waals surface area contributed by atoms with Crippen molar-refractivity contribution >= 4 is 0 Å². The highest BCUT2D eigenvalue weighted by molar-refractivity contribution is 5.35. The van der Waals surface area contributed by atoms with Gasteiger partial charge in [0, 0.05) is 25.2 Å². The van der Waals surface area contributed by atoms with E-state index in [-0.39, 0.29) is 0 Å². The smallest absolute Gasteiger partial charge is 0.0292 e. The van der Waals surface area contributed by atoms with Crippen LogP contribution in [0.3, 0.4) is 0 Å². The van der Waals surface area contributed by atoms with Crippen molar-refractivity contribution in [1.82, 2.24) is 10.2 Å². The number of hydrogen-bond donors (Lipinski definition) is 1. The molecule has 1 fully saturated rings. The molecule has 0 spiro atoms. The van der Waals surface area contributed by atoms with Gasteiger partial charge in [-0.25, -0.2) is 0 Å². The Hall–Kier alpha value is -0.860. The second-order valence-electron chi connectivity index (χ2n) is 6.62. The van der Waals surface area contributed by atoms with Gasteiger partial charge in [0.1, 0.15) is 0 Å². The summed E-state index contributed by atoms with van der Waals surface area (Å²) in [5.74, 6) is 0. The maximum absolute atomic E-state index is 3.68. The van der Waals surface area contributed by atoms with Gasteiger partial charge >= 0.3 is 0 Å². The van der Waals surface area contributed by atoms with E-state index >= 15 is 0 Å². The molecule has 0 heterocycles. The molecule has 3 rings (SSSR count). The van der Waals surface area contributed by atoms with Crippen molar-refractivity contribution in [3.05, 3.63) is 34.9 Å². The molecule has 0 amide bonds. The van der Waals surface area contributed by atoms with Gasteiger partial charge in [-0.15, -0.1) is 0 Å². The van der Waals surface area contributed by atoms with E-state index < -0.39 is 0 Å². The summed E-state index contributed by atoms with van der Waals surface area (Å²) in [6.45, 7) is 4.55. The lowest BCUT2D eigenvalue weighted by molar-refractivity contribution is 0.316. The fourth-order valence-electron chi connectivity index (χ4n) is 3.30. The molecule has 110 valence electrons. The maximum Gasteiger partial charge on any atom is 0.0292 e. The molecule has 1 N–H and O–H groups in total. The van der Waals surface area contributed by atoms with Crippen LogP contribution in [0, 0.1) is 0 Å². The van der Waals surface area contributed by atoms with E-state index in [2.05, 4.69) is 42.4 Å². The molecule has 20 heavy (non-hydrogen) atoms. The SMILES string of the molecule is CC(NCCN(C)C1CC1)c1ccc2c(c1)CCCC2. The third-order valence-electron chi connectivity index (χ3n) is 4.96. The highest BCUT2D eigenvalue weighted by Gasteiger charge is 2.25. The summed E-state index contributed by atoms with van der Waals surface area (Å²) in [4.78, 5) is 2.49. The van der Waals surface area contributed by atoms with Gasteiger partial charge in [0.15, 0.2) is 0 Å². The average Bonchev–Trinajstić information content (AvgIpc) is 3.31. The Labute approximate surface area is 123 Å². The summed E-state index contributed by atoms with van der Waals surface area (Å²) in [7, 11) is 2.25. The minimum Gasteiger partial charge on any atom is -0.309 e. The first-order chi connectivity index (χ1) is 9.74. The number of aryl methyl sites for hydroxylation is 2. The normalized spacial score (nSPS) is 19.9. The molecule has 0 bridgehead atoms. The van der Waals surface area contributed by atoms with Gasteiger partial charge in [-0.05, 0) is 69.2 Å². The van der Waals surface area contributed by atoms with Crippen LogP contribution in [-0.2, 0) is 12.8 Å². The Morgan fingerprint density at radius 3 is 2.70 bits per heavy atom. The summed E-state index contributed by atoms with van der Waals surface area (Å²) < 4.78 is 0. The van der Waals surface area contributed by atoms with Crippen LogP contribution in [0.1, 0.15) is 55.3 Å². The van der Waals surface area contributed by atoms with E-state index in [0.29, 0.717) is 6.04 Å². The van der Waals surface area contributed by atoms with E-state index in [4.69, 9.17) is 0 Å². The van der Waals surface area contributed by atoms with Crippen LogP contribution in [0.25, 0.3) is 0 Å². The van der Waals surface area contributed by atoms with Crippen LogP contribution in [0.4, 0.5) is 0 Å². The second-order valence-corrected chi connectivity index (χ2v) is 6.62. The highest BCUT2D eigenvalue weighted by Crippen LogP contribution is 2.26. The van der Waals surface area contributed by atoms with E-state index in [0.717, 1.165) is 12.6 Å². The zero-order chi connectivity index (χ0) is 13.9. The average molecular weight is 272 g/mol. The molecule has 1 atom stereocenters. The maximum atomic E-state index is 3.68. The number of likely N-dealkylation sites (N-methyl/N-ethyl adjacent to an activating group) is 1. The predicted octanol–water partition coefficient (Wildman–Crippen LogP) is 3.31. The summed E-state index contributed by atoms with van der Waals surface area (Å²) in [6, 6.07) is 8.47. The first kappa shape index (κ1) is 14.1. The number of hydrogen-bond acceptors (Lipinski definition) is 2. The Kier molecular flexibility index (Phi) is 4.42. The molecule has 2 aliphatic rings. The molecule has 1 aromatic rings. The molecule has 2 aliphatic carbocycles. The van der Waals surface area contributed by atoms with Crippen molar-refractivity contribution in [3.63, 3.8) is 0 Å². The van der Waals surface area contributed by atoms with Crippen LogP contribution in [0.2, 0.25) is 0 Å². The van der Waals surface area contributed by atoms with Crippen LogP contribution in [-0.4, -0.2) is 31.1 Å². The monoisotopic (exact) mass is 272 g/mol. The van der Waals surface area contributed by atoms with E-state index in [9.17, 15) is 0 Å². The zero-order valence-electron chi connectivity index (χ0n) is 13.0. The van der Waals surface area contributed by atoms with Gasteiger partial charge in [0.05, 0.1) is 0 Å².